The fourth-order valence-electron chi connectivity index (χ4n) is 2.36. The molecule has 0 fully saturated rings. The number of halogens is 4. The van der Waals surface area contributed by atoms with Crippen LogP contribution in [0, 0.1) is 3.57 Å². The van der Waals surface area contributed by atoms with Crippen LogP contribution in [0.1, 0.15) is 22.1 Å². The number of hydrogen-bond donors (Lipinski definition) is 0. The zero-order valence-corrected chi connectivity index (χ0v) is 15.6. The van der Waals surface area contributed by atoms with E-state index in [0.717, 1.165) is 37.9 Å². The topological polar surface area (TPSA) is 9.23 Å². The summed E-state index contributed by atoms with van der Waals surface area (Å²) in [5, 5.41) is 0.420. The van der Waals surface area contributed by atoms with Crippen LogP contribution in [0.3, 0.4) is 0 Å². The molecule has 2 aromatic carbocycles. The first kappa shape index (κ1) is 14.9. The molecular weight excluding hydrogens is 474 g/mol. The minimum absolute atomic E-state index is 0.273. The zero-order valence-electron chi connectivity index (χ0n) is 10.3. The number of rotatable bonds is 2. The van der Waals surface area contributed by atoms with Crippen molar-refractivity contribution in [3.05, 3.63) is 60.1 Å². The Morgan fingerprint density at radius 3 is 2.80 bits per heavy atom. The highest BCUT2D eigenvalue weighted by Crippen LogP contribution is 2.43. The van der Waals surface area contributed by atoms with E-state index < -0.39 is 0 Å². The van der Waals surface area contributed by atoms with Gasteiger partial charge in [-0.25, -0.2) is 0 Å². The van der Waals surface area contributed by atoms with Gasteiger partial charge in [0, 0.05) is 25.0 Å². The number of benzene rings is 2. The Hall–Kier alpha value is 0.0300. The van der Waals surface area contributed by atoms with Crippen molar-refractivity contribution in [3.8, 4) is 5.75 Å². The molecule has 1 unspecified atom stereocenters. The molecule has 1 heterocycles. The second-order valence-electron chi connectivity index (χ2n) is 4.61. The molecule has 2 aromatic rings. The number of ether oxygens (including phenoxy) is 1. The molecule has 0 aromatic heterocycles. The second-order valence-corrected chi connectivity index (χ2v) is 7.56. The quantitative estimate of drug-likeness (QED) is 0.378. The molecule has 0 radical (unpaired) electrons. The average molecular weight is 484 g/mol. The predicted molar refractivity (Wildman–Crippen MR) is 95.2 cm³/mol. The molecule has 0 spiro atoms. The molecule has 1 aliphatic heterocycles. The van der Waals surface area contributed by atoms with Crippen molar-refractivity contribution in [1.82, 2.24) is 0 Å². The molecule has 0 amide bonds. The van der Waals surface area contributed by atoms with Gasteiger partial charge in [-0.1, -0.05) is 27.5 Å². The lowest BCUT2D eigenvalue weighted by Crippen LogP contribution is -2.00. The summed E-state index contributed by atoms with van der Waals surface area (Å²) in [6, 6.07) is 9.89. The molecule has 1 aliphatic rings. The van der Waals surface area contributed by atoms with E-state index in [1.54, 1.807) is 0 Å². The highest BCUT2D eigenvalue weighted by Gasteiger charge is 2.24. The van der Waals surface area contributed by atoms with Crippen LogP contribution in [0.25, 0.3) is 0 Å². The van der Waals surface area contributed by atoms with E-state index in [4.69, 9.17) is 27.9 Å². The summed E-state index contributed by atoms with van der Waals surface area (Å²) < 4.78 is 7.88. The van der Waals surface area contributed by atoms with Crippen molar-refractivity contribution in [2.24, 2.45) is 0 Å². The molecule has 0 saturated heterocycles. The molecule has 0 saturated carbocycles. The summed E-state index contributed by atoms with van der Waals surface area (Å²) >= 11 is 18.6. The third-order valence-corrected chi connectivity index (χ3v) is 5.43. The Morgan fingerprint density at radius 2 is 2.00 bits per heavy atom. The van der Waals surface area contributed by atoms with Crippen LogP contribution < -0.4 is 4.74 Å². The summed E-state index contributed by atoms with van der Waals surface area (Å²) in [6.07, 6.45) is 0.929. The lowest BCUT2D eigenvalue weighted by Gasteiger charge is -2.16. The summed E-state index contributed by atoms with van der Waals surface area (Å²) in [7, 11) is 0. The van der Waals surface area contributed by atoms with Gasteiger partial charge in [-0.3, -0.25) is 0 Å². The summed E-state index contributed by atoms with van der Waals surface area (Å²) in [5.74, 6) is 0.920. The molecule has 0 bridgehead atoms. The maximum Gasteiger partial charge on any atom is 0.127 e. The first-order chi connectivity index (χ1) is 9.56. The van der Waals surface area contributed by atoms with Gasteiger partial charge in [0.2, 0.25) is 0 Å². The van der Waals surface area contributed by atoms with Gasteiger partial charge < -0.3 is 4.74 Å². The van der Waals surface area contributed by atoms with Crippen molar-refractivity contribution in [2.45, 2.75) is 11.8 Å². The van der Waals surface area contributed by atoms with E-state index in [-0.39, 0.29) is 5.38 Å². The SMILES string of the molecule is Clc1ccc(I)c(C(Cl)c2cc(Br)cc3c2OCC3)c1. The number of hydrogen-bond acceptors (Lipinski definition) is 1. The molecule has 104 valence electrons. The first-order valence-corrected chi connectivity index (χ1v) is 8.79. The van der Waals surface area contributed by atoms with Gasteiger partial charge in [0.1, 0.15) is 5.75 Å². The summed E-state index contributed by atoms with van der Waals surface area (Å²) in [5.41, 5.74) is 3.21. The lowest BCUT2D eigenvalue weighted by atomic mass is 10.0. The first-order valence-electron chi connectivity index (χ1n) is 6.10. The molecular formula is C15H10BrCl2IO. The largest absolute Gasteiger partial charge is 0.493 e. The van der Waals surface area contributed by atoms with Crippen molar-refractivity contribution in [1.29, 1.82) is 0 Å². The van der Waals surface area contributed by atoms with E-state index in [0.29, 0.717) is 5.02 Å². The van der Waals surface area contributed by atoms with Gasteiger partial charge in [0.15, 0.2) is 0 Å². The van der Waals surface area contributed by atoms with Crippen LogP contribution in [0.2, 0.25) is 5.02 Å². The Kier molecular flexibility index (Phi) is 4.51. The third-order valence-electron chi connectivity index (χ3n) is 3.28. The van der Waals surface area contributed by atoms with Crippen molar-refractivity contribution >= 4 is 61.7 Å². The van der Waals surface area contributed by atoms with E-state index in [1.807, 2.05) is 24.3 Å². The Morgan fingerprint density at radius 1 is 1.20 bits per heavy atom. The molecule has 1 atom stereocenters. The molecule has 0 aliphatic carbocycles. The summed E-state index contributed by atoms with van der Waals surface area (Å²) in [4.78, 5) is 0. The van der Waals surface area contributed by atoms with Crippen LogP contribution in [0.4, 0.5) is 0 Å². The maximum atomic E-state index is 6.70. The van der Waals surface area contributed by atoms with Crippen LogP contribution in [-0.4, -0.2) is 6.61 Å². The van der Waals surface area contributed by atoms with Crippen molar-refractivity contribution in [2.75, 3.05) is 6.61 Å². The van der Waals surface area contributed by atoms with E-state index in [9.17, 15) is 0 Å². The number of fused-ring (bicyclic) bond motifs is 1. The van der Waals surface area contributed by atoms with E-state index in [1.165, 1.54) is 5.56 Å². The Bertz CT molecular complexity index is 675. The smallest absolute Gasteiger partial charge is 0.127 e. The highest BCUT2D eigenvalue weighted by atomic mass is 127. The monoisotopic (exact) mass is 482 g/mol. The van der Waals surface area contributed by atoms with Crippen molar-refractivity contribution in [3.63, 3.8) is 0 Å². The maximum absolute atomic E-state index is 6.70. The van der Waals surface area contributed by atoms with Gasteiger partial charge in [-0.15, -0.1) is 11.6 Å². The molecule has 5 heteroatoms. The normalized spacial score (nSPS) is 14.8. The van der Waals surface area contributed by atoms with Gasteiger partial charge in [0.25, 0.3) is 0 Å². The van der Waals surface area contributed by atoms with Crippen LogP contribution in [0.5, 0.6) is 5.75 Å². The Balaban J connectivity index is 2.11. The average Bonchev–Trinajstić information content (AvgIpc) is 2.87. The standard InChI is InChI=1S/C15H10BrCl2IO/c16-9-5-8-3-4-20-15(8)12(6-9)14(18)11-7-10(17)1-2-13(11)19/h1-2,5-7,14H,3-4H2. The van der Waals surface area contributed by atoms with E-state index >= 15 is 0 Å². The zero-order chi connectivity index (χ0) is 14.3. The van der Waals surface area contributed by atoms with Crippen LogP contribution >= 0.6 is 61.7 Å². The fourth-order valence-corrected chi connectivity index (χ4v) is 4.24. The molecule has 0 N–H and O–H groups in total. The minimum Gasteiger partial charge on any atom is -0.493 e. The van der Waals surface area contributed by atoms with Gasteiger partial charge >= 0.3 is 0 Å². The van der Waals surface area contributed by atoms with Gasteiger partial charge in [-0.2, -0.15) is 0 Å². The lowest BCUT2D eigenvalue weighted by molar-refractivity contribution is 0.353. The molecule has 20 heavy (non-hydrogen) atoms. The van der Waals surface area contributed by atoms with Crippen molar-refractivity contribution < 1.29 is 4.74 Å². The van der Waals surface area contributed by atoms with Crippen LogP contribution in [-0.2, 0) is 6.42 Å². The van der Waals surface area contributed by atoms with E-state index in [2.05, 4.69) is 44.6 Å². The van der Waals surface area contributed by atoms with Gasteiger partial charge in [-0.05, 0) is 64.0 Å². The second kappa shape index (κ2) is 6.03. The Labute approximate surface area is 149 Å². The van der Waals surface area contributed by atoms with Gasteiger partial charge in [0.05, 0.1) is 12.0 Å². The fraction of sp³-hybridized carbons (Fsp3) is 0.200. The molecule has 1 nitrogen and oxygen atoms in total. The minimum atomic E-state index is -0.273. The highest BCUT2D eigenvalue weighted by molar-refractivity contribution is 14.1. The molecule has 3 rings (SSSR count). The predicted octanol–water partition coefficient (Wildman–Crippen LogP) is 5.97. The summed E-state index contributed by atoms with van der Waals surface area (Å²) in [6.45, 7) is 0.717. The third kappa shape index (κ3) is 2.82. The van der Waals surface area contributed by atoms with Crippen LogP contribution in [0.15, 0.2) is 34.8 Å². The number of alkyl halides is 1.